The molecule has 0 unspecified atom stereocenters. The Morgan fingerprint density at radius 1 is 1.11 bits per heavy atom. The molecule has 2 aliphatic heterocycles. The minimum absolute atomic E-state index is 0.360. The topological polar surface area (TPSA) is 48.9 Å². The van der Waals surface area contributed by atoms with E-state index in [1.807, 2.05) is 36.4 Å². The van der Waals surface area contributed by atoms with E-state index in [2.05, 4.69) is 21.8 Å². The molecule has 0 atom stereocenters. The maximum atomic E-state index is 12.9. The summed E-state index contributed by atoms with van der Waals surface area (Å²) >= 11 is 1.63. The van der Waals surface area contributed by atoms with Crippen molar-refractivity contribution in [3.8, 4) is 0 Å². The number of piperazine rings is 1. The van der Waals surface area contributed by atoms with Crippen LogP contribution in [0.15, 0.2) is 52.4 Å². The second kappa shape index (κ2) is 8.29. The molecule has 1 aromatic carbocycles. The molecule has 3 heterocycles. The van der Waals surface area contributed by atoms with Crippen molar-refractivity contribution in [2.45, 2.75) is 16.2 Å². The zero-order chi connectivity index (χ0) is 18.6. The van der Waals surface area contributed by atoms with Crippen LogP contribution in [0.3, 0.4) is 0 Å². The first-order valence-corrected chi connectivity index (χ1v) is 10.1. The van der Waals surface area contributed by atoms with Gasteiger partial charge in [0, 0.05) is 43.8 Å². The van der Waals surface area contributed by atoms with Crippen LogP contribution in [-0.2, 0) is 4.74 Å². The molecule has 0 radical (unpaired) electrons. The fourth-order valence-corrected chi connectivity index (χ4v) is 4.39. The van der Waals surface area contributed by atoms with Gasteiger partial charge in [-0.05, 0) is 37.7 Å². The molecule has 6 nitrogen and oxygen atoms in total. The van der Waals surface area contributed by atoms with E-state index >= 15 is 0 Å². The number of pyridine rings is 1. The van der Waals surface area contributed by atoms with Crippen LogP contribution in [0.4, 0.5) is 16.3 Å². The first kappa shape index (κ1) is 18.3. The molecular formula is C20H24N4O2S. The summed E-state index contributed by atoms with van der Waals surface area (Å²) in [6.07, 6.45) is 2.19. The largest absolute Gasteiger partial charge is 0.449 e. The lowest BCUT2D eigenvalue weighted by molar-refractivity contribution is 0.127. The minimum Gasteiger partial charge on any atom is -0.449 e. The smallest absolute Gasteiger partial charge is 0.420 e. The molecule has 0 spiro atoms. The summed E-state index contributed by atoms with van der Waals surface area (Å²) in [6, 6.07) is 11.7. The van der Waals surface area contributed by atoms with Crippen LogP contribution >= 0.6 is 11.8 Å². The van der Waals surface area contributed by atoms with Crippen molar-refractivity contribution in [3.63, 3.8) is 0 Å². The maximum Gasteiger partial charge on any atom is 0.420 e. The van der Waals surface area contributed by atoms with E-state index < -0.39 is 0 Å². The molecule has 0 N–H and O–H groups in total. The number of likely N-dealkylation sites (N-methyl/N-ethyl adjacent to an activating group) is 1. The number of para-hydroxylation sites is 1. The number of carbonyl (C=O) groups is 1. The molecule has 0 aliphatic carbocycles. The van der Waals surface area contributed by atoms with Crippen LogP contribution in [0, 0.1) is 0 Å². The average Bonchev–Trinajstić information content (AvgIpc) is 2.70. The summed E-state index contributed by atoms with van der Waals surface area (Å²) in [5, 5.41) is 0. The summed E-state index contributed by atoms with van der Waals surface area (Å²) in [5.74, 6) is 0.644. The van der Waals surface area contributed by atoms with E-state index in [1.165, 1.54) is 0 Å². The van der Waals surface area contributed by atoms with Crippen LogP contribution in [-0.4, -0.2) is 67.3 Å². The van der Waals surface area contributed by atoms with Crippen molar-refractivity contribution < 1.29 is 9.53 Å². The third-order valence-corrected chi connectivity index (χ3v) is 6.02. The van der Waals surface area contributed by atoms with Crippen LogP contribution in [0.1, 0.15) is 6.42 Å². The Bertz CT molecular complexity index is 763. The zero-order valence-electron chi connectivity index (χ0n) is 15.5. The fraction of sp³-hybridized carbons (Fsp3) is 0.400. The van der Waals surface area contributed by atoms with Crippen LogP contribution < -0.4 is 4.90 Å². The van der Waals surface area contributed by atoms with Gasteiger partial charge < -0.3 is 14.5 Å². The van der Waals surface area contributed by atoms with E-state index in [9.17, 15) is 4.79 Å². The molecule has 1 amide bonds. The molecule has 0 bridgehead atoms. The first-order valence-electron chi connectivity index (χ1n) is 9.32. The maximum absolute atomic E-state index is 12.9. The number of ether oxygens (including phenoxy) is 1. The quantitative estimate of drug-likeness (QED) is 0.753. The second-order valence-electron chi connectivity index (χ2n) is 6.84. The normalized spacial score (nSPS) is 17.3. The van der Waals surface area contributed by atoms with E-state index in [1.54, 1.807) is 22.9 Å². The van der Waals surface area contributed by atoms with Crippen molar-refractivity contribution in [3.05, 3.63) is 42.6 Å². The fourth-order valence-electron chi connectivity index (χ4n) is 3.36. The zero-order valence-corrected chi connectivity index (χ0v) is 16.3. The molecule has 1 fully saturated rings. The third kappa shape index (κ3) is 4.10. The van der Waals surface area contributed by atoms with Crippen LogP contribution in [0.2, 0.25) is 0 Å². The summed E-state index contributed by atoms with van der Waals surface area (Å²) in [4.78, 5) is 25.6. The van der Waals surface area contributed by atoms with Gasteiger partial charge in [-0.15, -0.1) is 0 Å². The van der Waals surface area contributed by atoms with Crippen molar-refractivity contribution in [2.75, 3.05) is 51.3 Å². The first-order chi connectivity index (χ1) is 13.2. The minimum atomic E-state index is -0.360. The molecule has 0 saturated carbocycles. The Kier molecular flexibility index (Phi) is 5.61. The van der Waals surface area contributed by atoms with Crippen LogP contribution in [0.25, 0.3) is 0 Å². The number of hydrogen-bond acceptors (Lipinski definition) is 6. The van der Waals surface area contributed by atoms with Crippen molar-refractivity contribution in [1.29, 1.82) is 0 Å². The standard InChI is InChI=1S/C20H24N4O2S/c1-22-11-13-23(14-12-22)10-5-15-26-20(25)24-16-6-2-3-7-17(16)27-18-8-4-9-21-19(18)24/h2-4,6-9H,5,10-15H2,1H3. The van der Waals surface area contributed by atoms with Gasteiger partial charge in [-0.3, -0.25) is 0 Å². The van der Waals surface area contributed by atoms with Gasteiger partial charge in [-0.2, -0.15) is 0 Å². The Morgan fingerprint density at radius 3 is 2.74 bits per heavy atom. The highest BCUT2D eigenvalue weighted by atomic mass is 32.2. The van der Waals surface area contributed by atoms with Crippen molar-refractivity contribution in [2.24, 2.45) is 0 Å². The lowest BCUT2D eigenvalue weighted by atomic mass is 10.2. The molecule has 2 aliphatic rings. The predicted molar refractivity (Wildman–Crippen MR) is 107 cm³/mol. The van der Waals surface area contributed by atoms with Gasteiger partial charge in [0.1, 0.15) is 0 Å². The molecule has 1 aromatic heterocycles. The molecular weight excluding hydrogens is 360 g/mol. The summed E-state index contributed by atoms with van der Waals surface area (Å²) in [5.41, 5.74) is 0.831. The van der Waals surface area contributed by atoms with Gasteiger partial charge in [-0.25, -0.2) is 14.7 Å². The predicted octanol–water partition coefficient (Wildman–Crippen LogP) is 3.46. The van der Waals surface area contributed by atoms with Gasteiger partial charge >= 0.3 is 6.09 Å². The third-order valence-electron chi connectivity index (χ3n) is 4.91. The van der Waals surface area contributed by atoms with E-state index in [0.717, 1.165) is 54.6 Å². The second-order valence-corrected chi connectivity index (χ2v) is 7.93. The Balaban J connectivity index is 1.38. The van der Waals surface area contributed by atoms with E-state index in [-0.39, 0.29) is 6.09 Å². The molecule has 142 valence electrons. The highest BCUT2D eigenvalue weighted by Crippen LogP contribution is 2.46. The molecule has 7 heteroatoms. The summed E-state index contributed by atoms with van der Waals surface area (Å²) in [6.45, 7) is 5.74. The average molecular weight is 385 g/mol. The lowest BCUT2D eigenvalue weighted by Crippen LogP contribution is -2.44. The summed E-state index contributed by atoms with van der Waals surface area (Å²) in [7, 11) is 2.15. The highest BCUT2D eigenvalue weighted by molar-refractivity contribution is 7.99. The number of rotatable bonds is 4. The number of anilines is 2. The van der Waals surface area contributed by atoms with Gasteiger partial charge in [-0.1, -0.05) is 23.9 Å². The Hall–Kier alpha value is -2.09. The molecule has 1 saturated heterocycles. The van der Waals surface area contributed by atoms with E-state index in [0.29, 0.717) is 12.4 Å². The number of fused-ring (bicyclic) bond motifs is 2. The molecule has 27 heavy (non-hydrogen) atoms. The van der Waals surface area contributed by atoms with E-state index in [4.69, 9.17) is 4.74 Å². The van der Waals surface area contributed by atoms with Gasteiger partial charge in [0.05, 0.1) is 17.2 Å². The van der Waals surface area contributed by atoms with Gasteiger partial charge in [0.25, 0.3) is 0 Å². The number of carbonyl (C=O) groups excluding carboxylic acids is 1. The number of amides is 1. The van der Waals surface area contributed by atoms with Crippen LogP contribution in [0.5, 0.6) is 0 Å². The number of nitrogens with zero attached hydrogens (tertiary/aromatic N) is 4. The van der Waals surface area contributed by atoms with Gasteiger partial charge in [0.2, 0.25) is 0 Å². The molecule has 4 rings (SSSR count). The van der Waals surface area contributed by atoms with Gasteiger partial charge in [0.15, 0.2) is 5.82 Å². The summed E-state index contributed by atoms with van der Waals surface area (Å²) < 4.78 is 5.61. The monoisotopic (exact) mass is 384 g/mol. The van der Waals surface area contributed by atoms with Crippen molar-refractivity contribution in [1.82, 2.24) is 14.8 Å². The number of benzene rings is 1. The SMILES string of the molecule is CN1CCN(CCCOC(=O)N2c3ccccc3Sc3cccnc32)CC1. The Morgan fingerprint density at radius 2 is 1.89 bits per heavy atom. The Labute approximate surface area is 164 Å². The highest BCUT2D eigenvalue weighted by Gasteiger charge is 2.30. The molecule has 2 aromatic rings. The van der Waals surface area contributed by atoms with Crippen molar-refractivity contribution >= 4 is 29.4 Å². The number of hydrogen-bond donors (Lipinski definition) is 0. The lowest BCUT2D eigenvalue weighted by Gasteiger charge is -2.32. The number of aromatic nitrogens is 1.